The SMILES string of the molecule is CC(C)S(=O)(=O)n1cnc2ccc(-c3nc(CCC(=O)O)[nH]c3-c3ccccc3)cc21. The predicted octanol–water partition coefficient (Wildman–Crippen LogP) is 3.70. The van der Waals surface area contributed by atoms with Gasteiger partial charge in [-0.15, -0.1) is 0 Å². The Bertz CT molecular complexity index is 1350. The summed E-state index contributed by atoms with van der Waals surface area (Å²) in [5.41, 5.74) is 4.03. The number of carboxylic acids is 1. The zero-order valence-electron chi connectivity index (χ0n) is 17.1. The maximum Gasteiger partial charge on any atom is 0.303 e. The van der Waals surface area contributed by atoms with Crippen molar-refractivity contribution in [1.29, 1.82) is 0 Å². The van der Waals surface area contributed by atoms with E-state index in [0.29, 0.717) is 28.1 Å². The summed E-state index contributed by atoms with van der Waals surface area (Å²) in [6.07, 6.45) is 1.54. The van der Waals surface area contributed by atoms with Gasteiger partial charge in [0.2, 0.25) is 10.0 Å². The average Bonchev–Trinajstić information content (AvgIpc) is 3.37. The highest BCUT2D eigenvalue weighted by molar-refractivity contribution is 7.90. The van der Waals surface area contributed by atoms with Crippen molar-refractivity contribution >= 4 is 27.0 Å². The number of hydrogen-bond acceptors (Lipinski definition) is 5. The molecule has 0 bridgehead atoms. The number of nitrogens with zero attached hydrogens (tertiary/aromatic N) is 3. The molecule has 0 aliphatic carbocycles. The topological polar surface area (TPSA) is 118 Å². The Kier molecular flexibility index (Phi) is 5.36. The Morgan fingerprint density at radius 1 is 1.13 bits per heavy atom. The smallest absolute Gasteiger partial charge is 0.303 e. The lowest BCUT2D eigenvalue weighted by atomic mass is 10.0. The van der Waals surface area contributed by atoms with Gasteiger partial charge >= 0.3 is 5.97 Å². The van der Waals surface area contributed by atoms with Gasteiger partial charge < -0.3 is 10.1 Å². The number of nitrogens with one attached hydrogen (secondary N) is 1. The highest BCUT2D eigenvalue weighted by atomic mass is 32.2. The number of H-pyrrole nitrogens is 1. The van der Waals surface area contributed by atoms with Gasteiger partial charge in [0.15, 0.2) is 0 Å². The van der Waals surface area contributed by atoms with E-state index in [4.69, 9.17) is 5.11 Å². The zero-order chi connectivity index (χ0) is 22.2. The highest BCUT2D eigenvalue weighted by Gasteiger charge is 2.22. The van der Waals surface area contributed by atoms with Crippen LogP contribution in [0.25, 0.3) is 33.5 Å². The number of aryl methyl sites for hydroxylation is 1. The van der Waals surface area contributed by atoms with Crippen molar-refractivity contribution < 1.29 is 18.3 Å². The maximum atomic E-state index is 12.7. The van der Waals surface area contributed by atoms with Crippen LogP contribution in [0.15, 0.2) is 54.9 Å². The Hall–Kier alpha value is -3.46. The Morgan fingerprint density at radius 3 is 2.55 bits per heavy atom. The van der Waals surface area contributed by atoms with Crippen LogP contribution in [0.5, 0.6) is 0 Å². The third-order valence-electron chi connectivity index (χ3n) is 5.05. The van der Waals surface area contributed by atoms with Crippen molar-refractivity contribution in [3.63, 3.8) is 0 Å². The Labute approximate surface area is 179 Å². The fourth-order valence-corrected chi connectivity index (χ4v) is 4.41. The first-order chi connectivity index (χ1) is 14.8. The van der Waals surface area contributed by atoms with Crippen LogP contribution in [0.4, 0.5) is 0 Å². The van der Waals surface area contributed by atoms with Crippen molar-refractivity contribution in [3.8, 4) is 22.5 Å². The van der Waals surface area contributed by atoms with Gasteiger partial charge in [-0.25, -0.2) is 22.4 Å². The van der Waals surface area contributed by atoms with E-state index < -0.39 is 21.2 Å². The molecule has 0 saturated carbocycles. The summed E-state index contributed by atoms with van der Waals surface area (Å²) in [6, 6.07) is 14.9. The van der Waals surface area contributed by atoms with Gasteiger partial charge in [0.25, 0.3) is 0 Å². The molecule has 0 radical (unpaired) electrons. The minimum Gasteiger partial charge on any atom is -0.481 e. The Morgan fingerprint density at radius 2 is 1.87 bits per heavy atom. The molecule has 4 rings (SSSR count). The van der Waals surface area contributed by atoms with E-state index >= 15 is 0 Å². The molecule has 2 heterocycles. The summed E-state index contributed by atoms with van der Waals surface area (Å²) >= 11 is 0. The second kappa shape index (κ2) is 7.99. The number of carboxylic acid groups (broad SMARTS) is 1. The molecule has 2 aromatic heterocycles. The number of carbonyl (C=O) groups is 1. The van der Waals surface area contributed by atoms with Gasteiger partial charge in [-0.2, -0.15) is 0 Å². The van der Waals surface area contributed by atoms with Crippen LogP contribution in [-0.2, 0) is 21.2 Å². The molecule has 2 N–H and O–H groups in total. The number of aliphatic carboxylic acids is 1. The molecule has 2 aromatic carbocycles. The molecular weight excluding hydrogens is 416 g/mol. The zero-order valence-corrected chi connectivity index (χ0v) is 17.9. The van der Waals surface area contributed by atoms with E-state index in [1.807, 2.05) is 36.4 Å². The molecule has 0 spiro atoms. The molecule has 4 aromatic rings. The van der Waals surface area contributed by atoms with Gasteiger partial charge in [-0.3, -0.25) is 4.79 Å². The second-order valence-electron chi connectivity index (χ2n) is 7.50. The number of benzene rings is 2. The Balaban J connectivity index is 1.87. The summed E-state index contributed by atoms with van der Waals surface area (Å²) in [5.74, 6) is -0.344. The van der Waals surface area contributed by atoms with E-state index in [0.717, 1.165) is 11.3 Å². The monoisotopic (exact) mass is 438 g/mol. The van der Waals surface area contributed by atoms with Gasteiger partial charge in [0.05, 0.1) is 34.1 Å². The van der Waals surface area contributed by atoms with Crippen molar-refractivity contribution in [1.82, 2.24) is 18.9 Å². The molecular formula is C22H22N4O4S. The minimum atomic E-state index is -3.57. The number of aromatic nitrogens is 4. The molecule has 0 atom stereocenters. The van der Waals surface area contributed by atoms with Gasteiger partial charge in [-0.1, -0.05) is 36.4 Å². The molecule has 8 nitrogen and oxygen atoms in total. The largest absolute Gasteiger partial charge is 0.481 e. The van der Waals surface area contributed by atoms with Crippen molar-refractivity contribution in [2.24, 2.45) is 0 Å². The minimum absolute atomic E-state index is 0.0420. The summed E-state index contributed by atoms with van der Waals surface area (Å²) in [4.78, 5) is 23.1. The maximum absolute atomic E-state index is 12.7. The first kappa shape index (κ1) is 20.8. The molecule has 0 aliphatic rings. The standard InChI is InChI=1S/C22H22N4O4S/c1-14(2)31(29,30)26-13-23-17-9-8-16(12-18(17)26)22-21(15-6-4-3-5-7-15)24-19(25-22)10-11-20(27)28/h3-9,12-14H,10-11H2,1-2H3,(H,24,25)(H,27,28). The molecule has 31 heavy (non-hydrogen) atoms. The molecule has 0 aliphatic heterocycles. The fraction of sp³-hybridized carbons (Fsp3) is 0.227. The summed E-state index contributed by atoms with van der Waals surface area (Å²) in [7, 11) is -3.57. The summed E-state index contributed by atoms with van der Waals surface area (Å²) in [5, 5.41) is 8.43. The second-order valence-corrected chi connectivity index (χ2v) is 9.87. The predicted molar refractivity (Wildman–Crippen MR) is 118 cm³/mol. The number of hydrogen-bond donors (Lipinski definition) is 2. The van der Waals surface area contributed by atoms with Crippen LogP contribution in [-0.4, -0.2) is 43.7 Å². The molecule has 0 unspecified atom stereocenters. The van der Waals surface area contributed by atoms with Crippen molar-refractivity contribution in [2.75, 3.05) is 0 Å². The lowest BCUT2D eigenvalue weighted by Crippen LogP contribution is -2.21. The molecule has 9 heteroatoms. The molecule has 0 fully saturated rings. The first-order valence-corrected chi connectivity index (χ1v) is 11.4. The lowest BCUT2D eigenvalue weighted by Gasteiger charge is -2.10. The fourth-order valence-electron chi connectivity index (χ4n) is 3.35. The number of aromatic amines is 1. The van der Waals surface area contributed by atoms with E-state index in [1.165, 1.54) is 10.3 Å². The van der Waals surface area contributed by atoms with Crippen LogP contribution >= 0.6 is 0 Å². The van der Waals surface area contributed by atoms with E-state index in [2.05, 4.69) is 15.0 Å². The van der Waals surface area contributed by atoms with E-state index in [-0.39, 0.29) is 12.8 Å². The normalized spacial score (nSPS) is 12.0. The van der Waals surface area contributed by atoms with E-state index in [9.17, 15) is 13.2 Å². The van der Waals surface area contributed by atoms with Crippen LogP contribution in [0, 0.1) is 0 Å². The summed E-state index contributed by atoms with van der Waals surface area (Å²) < 4.78 is 26.7. The van der Waals surface area contributed by atoms with Crippen molar-refractivity contribution in [2.45, 2.75) is 31.9 Å². The third kappa shape index (κ3) is 3.96. The number of fused-ring (bicyclic) bond motifs is 1. The third-order valence-corrected chi connectivity index (χ3v) is 7.08. The highest BCUT2D eigenvalue weighted by Crippen LogP contribution is 2.32. The van der Waals surface area contributed by atoms with Gasteiger partial charge in [-0.05, 0) is 26.0 Å². The van der Waals surface area contributed by atoms with Crippen LogP contribution in [0.1, 0.15) is 26.1 Å². The van der Waals surface area contributed by atoms with Crippen LogP contribution < -0.4 is 0 Å². The van der Waals surface area contributed by atoms with Crippen LogP contribution in [0.3, 0.4) is 0 Å². The quantitative estimate of drug-likeness (QED) is 0.454. The molecule has 0 amide bonds. The number of rotatable bonds is 7. The lowest BCUT2D eigenvalue weighted by molar-refractivity contribution is -0.137. The van der Waals surface area contributed by atoms with Crippen molar-refractivity contribution in [3.05, 3.63) is 60.7 Å². The van der Waals surface area contributed by atoms with Gasteiger partial charge in [0.1, 0.15) is 12.2 Å². The first-order valence-electron chi connectivity index (χ1n) is 9.85. The summed E-state index contributed by atoms with van der Waals surface area (Å²) in [6.45, 7) is 3.25. The molecule has 160 valence electrons. The molecule has 0 saturated heterocycles. The number of imidazole rings is 2. The van der Waals surface area contributed by atoms with E-state index in [1.54, 1.807) is 26.0 Å². The van der Waals surface area contributed by atoms with Crippen LogP contribution in [0.2, 0.25) is 0 Å². The average molecular weight is 439 g/mol. The van der Waals surface area contributed by atoms with Gasteiger partial charge in [0, 0.05) is 17.5 Å².